The number of aryl methyl sites for hydroxylation is 1. The molecule has 1 aromatic rings. The smallest absolute Gasteiger partial charge is 0.194 e. The monoisotopic (exact) mass is 392 g/mol. The Labute approximate surface area is 168 Å². The van der Waals surface area contributed by atoms with E-state index in [1.165, 1.54) is 64.2 Å². The molecule has 0 unspecified atom stereocenters. The molecule has 0 N–H and O–H groups in total. The Hall–Kier alpha value is -1.25. The molecule has 2 aliphatic rings. The second-order valence-corrected chi connectivity index (χ2v) is 9.08. The Balaban J connectivity index is 1.38. The maximum atomic E-state index is 13.4. The molecule has 156 valence electrons. The Kier molecular flexibility index (Phi) is 8.05. The van der Waals surface area contributed by atoms with E-state index in [-0.39, 0.29) is 0 Å². The molecule has 0 nitrogen and oxygen atoms in total. The first kappa shape index (κ1) is 21.5. The summed E-state index contributed by atoms with van der Waals surface area (Å²) in [4.78, 5) is 0. The highest BCUT2D eigenvalue weighted by molar-refractivity contribution is 5.19. The average Bonchev–Trinajstić information content (AvgIpc) is 2.71. The van der Waals surface area contributed by atoms with Gasteiger partial charge in [-0.25, -0.2) is 13.2 Å². The first-order chi connectivity index (χ1) is 13.6. The Bertz CT molecular complexity index is 612. The van der Waals surface area contributed by atoms with Crippen LogP contribution in [0, 0.1) is 41.1 Å². The molecule has 0 saturated heterocycles. The summed E-state index contributed by atoms with van der Waals surface area (Å²) in [5.74, 6) is -0.288. The van der Waals surface area contributed by atoms with Crippen LogP contribution in [-0.4, -0.2) is 0 Å². The summed E-state index contributed by atoms with van der Waals surface area (Å²) >= 11 is 0. The predicted molar refractivity (Wildman–Crippen MR) is 110 cm³/mol. The molecule has 0 aromatic heterocycles. The van der Waals surface area contributed by atoms with Crippen LogP contribution in [-0.2, 0) is 6.42 Å². The third-order valence-corrected chi connectivity index (χ3v) is 7.12. The van der Waals surface area contributed by atoms with E-state index in [4.69, 9.17) is 0 Å². The third kappa shape index (κ3) is 5.87. The summed E-state index contributed by atoms with van der Waals surface area (Å²) < 4.78 is 39.8. The first-order valence-electron chi connectivity index (χ1n) is 11.4. The van der Waals surface area contributed by atoms with Crippen LogP contribution >= 0.6 is 0 Å². The molecular weight excluding hydrogens is 357 g/mol. The molecule has 3 heteroatoms. The lowest BCUT2D eigenvalue weighted by Gasteiger charge is -2.37. The highest BCUT2D eigenvalue weighted by atomic mass is 19.2. The van der Waals surface area contributed by atoms with E-state index >= 15 is 0 Å². The van der Waals surface area contributed by atoms with Gasteiger partial charge in [-0.15, -0.1) is 0 Å². The van der Waals surface area contributed by atoms with Crippen LogP contribution in [0.3, 0.4) is 0 Å². The van der Waals surface area contributed by atoms with E-state index in [1.54, 1.807) is 0 Å². The summed E-state index contributed by atoms with van der Waals surface area (Å²) in [6, 6.07) is 2.30. The second-order valence-electron chi connectivity index (χ2n) is 9.08. The average molecular weight is 393 g/mol. The van der Waals surface area contributed by atoms with Crippen molar-refractivity contribution in [2.24, 2.45) is 23.7 Å². The van der Waals surface area contributed by atoms with Crippen molar-refractivity contribution in [2.45, 2.75) is 84.0 Å². The third-order valence-electron chi connectivity index (χ3n) is 7.12. The fraction of sp³-hybridized carbons (Fsp3) is 0.680. The number of unbranched alkanes of at least 4 members (excludes halogenated alkanes) is 1. The molecule has 2 saturated carbocycles. The summed E-state index contributed by atoms with van der Waals surface area (Å²) in [7, 11) is 0. The van der Waals surface area contributed by atoms with Crippen molar-refractivity contribution in [3.05, 3.63) is 47.3 Å². The molecule has 1 aromatic carbocycles. The minimum Gasteiger partial charge on any atom is -0.204 e. The fourth-order valence-corrected chi connectivity index (χ4v) is 5.34. The van der Waals surface area contributed by atoms with E-state index in [0.29, 0.717) is 17.9 Å². The van der Waals surface area contributed by atoms with Gasteiger partial charge in [0.1, 0.15) is 0 Å². The van der Waals surface area contributed by atoms with Gasteiger partial charge in [0.15, 0.2) is 17.5 Å². The quantitative estimate of drug-likeness (QED) is 0.326. The normalized spacial score (nSPS) is 28.7. The van der Waals surface area contributed by atoms with Crippen LogP contribution in [0.4, 0.5) is 13.2 Å². The maximum Gasteiger partial charge on any atom is 0.194 e. The van der Waals surface area contributed by atoms with Crippen molar-refractivity contribution in [3.8, 4) is 0 Å². The van der Waals surface area contributed by atoms with Gasteiger partial charge in [-0.3, -0.25) is 0 Å². The Morgan fingerprint density at radius 1 is 0.857 bits per heavy atom. The zero-order valence-corrected chi connectivity index (χ0v) is 17.2. The zero-order chi connectivity index (χ0) is 19.9. The molecule has 2 aliphatic carbocycles. The molecule has 0 atom stereocenters. The molecule has 0 amide bonds. The second kappa shape index (κ2) is 10.5. The van der Waals surface area contributed by atoms with E-state index in [9.17, 15) is 13.2 Å². The van der Waals surface area contributed by atoms with Gasteiger partial charge < -0.3 is 0 Å². The minimum atomic E-state index is -1.36. The SMILES string of the molecule is CCC/C=C/[C@H]1CC[C@H]([C@H]2CC[C@H](CCc3cc(F)c(F)c(F)c3)CC2)CC1. The summed E-state index contributed by atoms with van der Waals surface area (Å²) in [6.45, 7) is 2.23. The molecule has 28 heavy (non-hydrogen) atoms. The Morgan fingerprint density at radius 3 is 2.00 bits per heavy atom. The van der Waals surface area contributed by atoms with Crippen molar-refractivity contribution in [2.75, 3.05) is 0 Å². The van der Waals surface area contributed by atoms with Gasteiger partial charge in [0, 0.05) is 0 Å². The maximum absolute atomic E-state index is 13.4. The van der Waals surface area contributed by atoms with E-state index in [0.717, 1.165) is 36.3 Å². The molecule has 0 heterocycles. The van der Waals surface area contributed by atoms with Crippen molar-refractivity contribution < 1.29 is 13.2 Å². The number of halogens is 3. The lowest BCUT2D eigenvalue weighted by atomic mass is 9.68. The number of hydrogen-bond donors (Lipinski definition) is 0. The molecule has 0 bridgehead atoms. The minimum absolute atomic E-state index is 0.577. The highest BCUT2D eigenvalue weighted by Crippen LogP contribution is 2.42. The van der Waals surface area contributed by atoms with Crippen molar-refractivity contribution in [1.82, 2.24) is 0 Å². The standard InChI is InChI=1S/C25H35F3/c1-2-3-4-5-18-8-12-21(13-9-18)22-14-10-19(11-15-22)6-7-20-16-23(26)25(28)24(27)17-20/h4-5,16-19,21-22H,2-3,6-15H2,1H3/b5-4+/t18-,19-,21-,22-. The van der Waals surface area contributed by atoms with Gasteiger partial charge in [-0.2, -0.15) is 0 Å². The van der Waals surface area contributed by atoms with Gasteiger partial charge in [0.2, 0.25) is 0 Å². The van der Waals surface area contributed by atoms with Crippen LogP contribution in [0.5, 0.6) is 0 Å². The molecular formula is C25H35F3. The summed E-state index contributed by atoms with van der Waals surface area (Å²) in [5.41, 5.74) is 0.577. The molecule has 0 spiro atoms. The largest absolute Gasteiger partial charge is 0.204 e. The van der Waals surface area contributed by atoms with Crippen molar-refractivity contribution >= 4 is 0 Å². The van der Waals surface area contributed by atoms with Crippen LogP contribution in [0.25, 0.3) is 0 Å². The van der Waals surface area contributed by atoms with Gasteiger partial charge >= 0.3 is 0 Å². The lowest BCUT2D eigenvalue weighted by molar-refractivity contribution is 0.152. The zero-order valence-electron chi connectivity index (χ0n) is 17.2. The van der Waals surface area contributed by atoms with E-state index in [2.05, 4.69) is 19.1 Å². The van der Waals surface area contributed by atoms with Gasteiger partial charge in [0.05, 0.1) is 0 Å². The molecule has 0 aliphatic heterocycles. The van der Waals surface area contributed by atoms with E-state index in [1.807, 2.05) is 0 Å². The number of rotatable bonds is 7. The summed E-state index contributed by atoms with van der Waals surface area (Å²) in [5, 5.41) is 0. The van der Waals surface area contributed by atoms with Gasteiger partial charge in [0.25, 0.3) is 0 Å². The Morgan fingerprint density at radius 2 is 1.43 bits per heavy atom. The van der Waals surface area contributed by atoms with Gasteiger partial charge in [-0.05, 0) is 99.2 Å². The lowest BCUT2D eigenvalue weighted by Crippen LogP contribution is -2.25. The topological polar surface area (TPSA) is 0 Å². The van der Waals surface area contributed by atoms with Crippen LogP contribution < -0.4 is 0 Å². The predicted octanol–water partition coefficient (Wildman–Crippen LogP) is 8.01. The van der Waals surface area contributed by atoms with Gasteiger partial charge in [-0.1, -0.05) is 38.3 Å². The van der Waals surface area contributed by atoms with Crippen molar-refractivity contribution in [3.63, 3.8) is 0 Å². The first-order valence-corrected chi connectivity index (χ1v) is 11.4. The molecule has 0 radical (unpaired) electrons. The number of benzene rings is 1. The van der Waals surface area contributed by atoms with Crippen LogP contribution in [0.15, 0.2) is 24.3 Å². The molecule has 3 rings (SSSR count). The summed E-state index contributed by atoms with van der Waals surface area (Å²) in [6.07, 6.45) is 19.4. The number of allylic oxidation sites excluding steroid dienone is 2. The van der Waals surface area contributed by atoms with Crippen molar-refractivity contribution in [1.29, 1.82) is 0 Å². The highest BCUT2D eigenvalue weighted by Gasteiger charge is 2.30. The molecule has 2 fully saturated rings. The van der Waals surface area contributed by atoms with Crippen LogP contribution in [0.2, 0.25) is 0 Å². The van der Waals surface area contributed by atoms with E-state index < -0.39 is 17.5 Å². The number of hydrogen-bond acceptors (Lipinski definition) is 0. The van der Waals surface area contributed by atoms with Crippen LogP contribution in [0.1, 0.15) is 83.1 Å². The fourth-order valence-electron chi connectivity index (χ4n) is 5.34.